The Morgan fingerprint density at radius 1 is 1.41 bits per heavy atom. The maximum absolute atomic E-state index is 5.54. The van der Waals surface area contributed by atoms with Crippen LogP contribution in [0.2, 0.25) is 0 Å². The monoisotopic (exact) mass is 233 g/mol. The summed E-state index contributed by atoms with van der Waals surface area (Å²) >= 11 is 0. The standard InChI is InChI=1S/C11H15N5O/c1-3-16-7-10(6-13-16)17-11-14-8(2)4-9(5-12)15-11/h4,6-7H,3,5,12H2,1-2H3. The first-order valence-electron chi connectivity index (χ1n) is 5.46. The van der Waals surface area contributed by atoms with Crippen molar-refractivity contribution in [3.05, 3.63) is 29.8 Å². The molecule has 0 bridgehead atoms. The van der Waals surface area contributed by atoms with Gasteiger partial charge in [-0.2, -0.15) is 10.1 Å². The molecule has 0 aromatic carbocycles. The van der Waals surface area contributed by atoms with Crippen LogP contribution in [0.1, 0.15) is 18.3 Å². The number of nitrogens with zero attached hydrogens (tertiary/aromatic N) is 4. The fourth-order valence-electron chi connectivity index (χ4n) is 1.43. The van der Waals surface area contributed by atoms with Gasteiger partial charge in [0.25, 0.3) is 0 Å². The zero-order chi connectivity index (χ0) is 12.3. The number of rotatable bonds is 4. The van der Waals surface area contributed by atoms with Crippen molar-refractivity contribution in [1.82, 2.24) is 19.7 Å². The van der Waals surface area contributed by atoms with Crippen LogP contribution in [0.15, 0.2) is 18.5 Å². The largest absolute Gasteiger partial charge is 0.421 e. The predicted octanol–water partition coefficient (Wildman–Crippen LogP) is 1.25. The van der Waals surface area contributed by atoms with E-state index in [4.69, 9.17) is 10.5 Å². The van der Waals surface area contributed by atoms with Crippen molar-refractivity contribution in [1.29, 1.82) is 0 Å². The molecule has 0 amide bonds. The minimum absolute atomic E-state index is 0.307. The van der Waals surface area contributed by atoms with Gasteiger partial charge in [0.1, 0.15) is 0 Å². The summed E-state index contributed by atoms with van der Waals surface area (Å²) < 4.78 is 7.30. The van der Waals surface area contributed by atoms with Crippen molar-refractivity contribution >= 4 is 0 Å². The first-order chi connectivity index (χ1) is 8.21. The van der Waals surface area contributed by atoms with Crippen LogP contribution in [0.4, 0.5) is 0 Å². The van der Waals surface area contributed by atoms with E-state index < -0.39 is 0 Å². The smallest absolute Gasteiger partial charge is 0.322 e. The van der Waals surface area contributed by atoms with Gasteiger partial charge in [0.15, 0.2) is 5.75 Å². The molecule has 0 fully saturated rings. The number of ether oxygens (including phenoxy) is 1. The number of hydrogen-bond acceptors (Lipinski definition) is 5. The van der Waals surface area contributed by atoms with E-state index in [1.54, 1.807) is 17.1 Å². The molecule has 2 heterocycles. The van der Waals surface area contributed by atoms with E-state index in [0.717, 1.165) is 17.9 Å². The van der Waals surface area contributed by atoms with Crippen molar-refractivity contribution < 1.29 is 4.74 Å². The highest BCUT2D eigenvalue weighted by molar-refractivity contribution is 5.19. The highest BCUT2D eigenvalue weighted by Crippen LogP contribution is 2.17. The summed E-state index contributed by atoms with van der Waals surface area (Å²) in [4.78, 5) is 8.37. The van der Waals surface area contributed by atoms with Gasteiger partial charge in [0.05, 0.1) is 18.1 Å². The van der Waals surface area contributed by atoms with Gasteiger partial charge in [-0.1, -0.05) is 0 Å². The van der Waals surface area contributed by atoms with Gasteiger partial charge in [-0.15, -0.1) is 0 Å². The molecule has 17 heavy (non-hydrogen) atoms. The Balaban J connectivity index is 2.20. The number of aromatic nitrogens is 4. The Labute approximate surface area is 99.4 Å². The lowest BCUT2D eigenvalue weighted by molar-refractivity contribution is 0.437. The number of nitrogens with two attached hydrogens (primary N) is 1. The zero-order valence-electron chi connectivity index (χ0n) is 9.92. The molecule has 2 aromatic heterocycles. The van der Waals surface area contributed by atoms with Gasteiger partial charge >= 0.3 is 6.01 Å². The van der Waals surface area contributed by atoms with Crippen LogP contribution < -0.4 is 10.5 Å². The molecule has 0 saturated heterocycles. The Morgan fingerprint density at radius 2 is 2.24 bits per heavy atom. The highest BCUT2D eigenvalue weighted by atomic mass is 16.5. The van der Waals surface area contributed by atoms with Gasteiger partial charge < -0.3 is 10.5 Å². The molecular formula is C11H15N5O. The Morgan fingerprint density at radius 3 is 2.88 bits per heavy atom. The highest BCUT2D eigenvalue weighted by Gasteiger charge is 2.05. The van der Waals surface area contributed by atoms with Gasteiger partial charge in [0, 0.05) is 18.8 Å². The second kappa shape index (κ2) is 4.92. The normalized spacial score (nSPS) is 10.5. The molecule has 0 aliphatic rings. The molecular weight excluding hydrogens is 218 g/mol. The maximum Gasteiger partial charge on any atom is 0.322 e. The van der Waals surface area contributed by atoms with Crippen LogP contribution in [-0.4, -0.2) is 19.7 Å². The van der Waals surface area contributed by atoms with E-state index in [0.29, 0.717) is 18.3 Å². The fraction of sp³-hybridized carbons (Fsp3) is 0.364. The summed E-state index contributed by atoms with van der Waals surface area (Å²) in [6.07, 6.45) is 3.44. The van der Waals surface area contributed by atoms with Crippen molar-refractivity contribution in [2.45, 2.75) is 26.9 Å². The molecule has 6 nitrogen and oxygen atoms in total. The zero-order valence-corrected chi connectivity index (χ0v) is 9.92. The average Bonchev–Trinajstić information content (AvgIpc) is 2.76. The van der Waals surface area contributed by atoms with Crippen molar-refractivity contribution in [2.24, 2.45) is 5.73 Å². The van der Waals surface area contributed by atoms with Crippen molar-refractivity contribution in [2.75, 3.05) is 0 Å². The quantitative estimate of drug-likeness (QED) is 0.859. The van der Waals surface area contributed by atoms with Crippen LogP contribution in [0.5, 0.6) is 11.8 Å². The van der Waals surface area contributed by atoms with Gasteiger partial charge in [-0.25, -0.2) is 4.98 Å². The third-order valence-corrected chi connectivity index (χ3v) is 2.24. The van der Waals surface area contributed by atoms with Gasteiger partial charge in [0.2, 0.25) is 0 Å². The Bertz CT molecular complexity index is 508. The second-order valence-corrected chi connectivity index (χ2v) is 3.62. The minimum atomic E-state index is 0.307. The molecule has 90 valence electrons. The van der Waals surface area contributed by atoms with Crippen LogP contribution in [0, 0.1) is 6.92 Å². The van der Waals surface area contributed by atoms with Crippen LogP contribution in [-0.2, 0) is 13.1 Å². The molecule has 6 heteroatoms. The molecule has 0 aliphatic carbocycles. The summed E-state index contributed by atoms with van der Waals surface area (Å²) in [6.45, 7) is 5.05. The first kappa shape index (κ1) is 11.5. The molecule has 0 radical (unpaired) electrons. The third kappa shape index (κ3) is 2.79. The molecule has 0 unspecified atom stereocenters. The molecule has 2 N–H and O–H groups in total. The molecule has 2 rings (SSSR count). The molecule has 2 aromatic rings. The van der Waals surface area contributed by atoms with Crippen LogP contribution in [0.3, 0.4) is 0 Å². The van der Waals surface area contributed by atoms with E-state index in [1.165, 1.54) is 0 Å². The lowest BCUT2D eigenvalue weighted by atomic mass is 10.3. The van der Waals surface area contributed by atoms with E-state index >= 15 is 0 Å². The lowest BCUT2D eigenvalue weighted by Crippen LogP contribution is -2.03. The molecule has 0 spiro atoms. The number of aryl methyl sites for hydroxylation is 2. The molecule has 0 saturated carbocycles. The average molecular weight is 233 g/mol. The number of hydrogen-bond donors (Lipinski definition) is 1. The third-order valence-electron chi connectivity index (χ3n) is 2.24. The van der Waals surface area contributed by atoms with Crippen molar-refractivity contribution in [3.63, 3.8) is 0 Å². The fourth-order valence-corrected chi connectivity index (χ4v) is 1.43. The molecule has 0 aliphatic heterocycles. The SMILES string of the molecule is CCn1cc(Oc2nc(C)cc(CN)n2)cn1. The summed E-state index contributed by atoms with van der Waals surface area (Å²) in [5, 5.41) is 4.11. The summed E-state index contributed by atoms with van der Waals surface area (Å²) in [6, 6.07) is 2.14. The van der Waals surface area contributed by atoms with Crippen LogP contribution in [0.25, 0.3) is 0 Å². The van der Waals surface area contributed by atoms with E-state index in [1.807, 2.05) is 19.9 Å². The van der Waals surface area contributed by atoms with Gasteiger partial charge in [-0.3, -0.25) is 4.68 Å². The maximum atomic E-state index is 5.54. The summed E-state index contributed by atoms with van der Waals surface area (Å²) in [7, 11) is 0. The Kier molecular flexibility index (Phi) is 3.34. The van der Waals surface area contributed by atoms with E-state index in [9.17, 15) is 0 Å². The predicted molar refractivity (Wildman–Crippen MR) is 62.6 cm³/mol. The second-order valence-electron chi connectivity index (χ2n) is 3.62. The first-order valence-corrected chi connectivity index (χ1v) is 5.46. The van der Waals surface area contributed by atoms with Crippen molar-refractivity contribution in [3.8, 4) is 11.8 Å². The lowest BCUT2D eigenvalue weighted by Gasteiger charge is -2.03. The van der Waals surface area contributed by atoms with E-state index in [-0.39, 0.29) is 0 Å². The summed E-state index contributed by atoms with van der Waals surface area (Å²) in [5.74, 6) is 0.625. The minimum Gasteiger partial charge on any atom is -0.421 e. The Hall–Kier alpha value is -1.95. The van der Waals surface area contributed by atoms with E-state index in [2.05, 4.69) is 15.1 Å². The van der Waals surface area contributed by atoms with Gasteiger partial charge in [-0.05, 0) is 19.9 Å². The molecule has 0 atom stereocenters. The topological polar surface area (TPSA) is 78.9 Å². The van der Waals surface area contributed by atoms with Crippen LogP contribution >= 0.6 is 0 Å². The summed E-state index contributed by atoms with van der Waals surface area (Å²) in [5.41, 5.74) is 7.14.